The van der Waals surface area contributed by atoms with Crippen molar-refractivity contribution in [2.45, 2.75) is 6.54 Å². The van der Waals surface area contributed by atoms with Crippen LogP contribution in [-0.4, -0.2) is 24.5 Å². The van der Waals surface area contributed by atoms with Gasteiger partial charge in [-0.2, -0.15) is 0 Å². The highest BCUT2D eigenvalue weighted by atomic mass is 79.9. The van der Waals surface area contributed by atoms with Crippen LogP contribution >= 0.6 is 27.5 Å². The molecule has 0 bridgehead atoms. The highest BCUT2D eigenvalue weighted by Crippen LogP contribution is 2.27. The van der Waals surface area contributed by atoms with E-state index in [1.807, 2.05) is 30.3 Å². The van der Waals surface area contributed by atoms with Crippen LogP contribution in [0.2, 0.25) is 5.02 Å². The Morgan fingerprint density at radius 1 is 1.24 bits per heavy atom. The molecule has 0 aliphatic heterocycles. The van der Waals surface area contributed by atoms with Crippen LogP contribution in [0, 0.1) is 0 Å². The van der Waals surface area contributed by atoms with Gasteiger partial charge in [0, 0.05) is 18.6 Å². The molecule has 0 heterocycles. The molecule has 5 heteroatoms. The number of likely N-dealkylation sites (N-methyl/N-ethyl adjacent to an activating group) is 1. The summed E-state index contributed by atoms with van der Waals surface area (Å²) < 4.78 is 6.25. The van der Waals surface area contributed by atoms with Gasteiger partial charge < -0.3 is 9.64 Å². The molecule has 0 saturated heterocycles. The second-order valence-corrected chi connectivity index (χ2v) is 5.89. The smallest absolute Gasteiger partial charge is 0.260 e. The van der Waals surface area contributed by atoms with Gasteiger partial charge >= 0.3 is 0 Å². The first-order valence-electron chi connectivity index (χ1n) is 6.42. The van der Waals surface area contributed by atoms with E-state index in [1.165, 1.54) is 0 Å². The topological polar surface area (TPSA) is 29.5 Å². The van der Waals surface area contributed by atoms with Crippen LogP contribution < -0.4 is 4.74 Å². The molecular formula is C16H15BrClNO2. The average Bonchev–Trinajstić information content (AvgIpc) is 2.47. The molecule has 0 fully saturated rings. The standard InChI is InChI=1S/C16H15BrClNO2/c1-19(10-12-5-3-2-4-6-12)16(20)11-21-15-8-7-13(18)9-14(15)17/h2-9H,10-11H2,1H3. The lowest BCUT2D eigenvalue weighted by atomic mass is 10.2. The summed E-state index contributed by atoms with van der Waals surface area (Å²) in [4.78, 5) is 13.7. The third-order valence-electron chi connectivity index (χ3n) is 2.93. The number of nitrogens with zero attached hydrogens (tertiary/aromatic N) is 1. The first-order chi connectivity index (χ1) is 10.1. The Morgan fingerprint density at radius 2 is 1.95 bits per heavy atom. The van der Waals surface area contributed by atoms with E-state index in [1.54, 1.807) is 30.1 Å². The lowest BCUT2D eigenvalue weighted by molar-refractivity contribution is -0.132. The molecule has 0 radical (unpaired) electrons. The predicted molar refractivity (Wildman–Crippen MR) is 87.6 cm³/mol. The molecule has 2 aromatic rings. The Labute approximate surface area is 137 Å². The maximum Gasteiger partial charge on any atom is 0.260 e. The number of rotatable bonds is 5. The van der Waals surface area contributed by atoms with Crippen molar-refractivity contribution in [2.24, 2.45) is 0 Å². The SMILES string of the molecule is CN(Cc1ccccc1)C(=O)COc1ccc(Cl)cc1Br. The van der Waals surface area contributed by atoms with Crippen molar-refractivity contribution in [3.05, 3.63) is 63.6 Å². The van der Waals surface area contributed by atoms with E-state index >= 15 is 0 Å². The van der Waals surface area contributed by atoms with Gasteiger partial charge in [-0.1, -0.05) is 41.9 Å². The molecule has 0 spiro atoms. The molecule has 0 unspecified atom stereocenters. The monoisotopic (exact) mass is 367 g/mol. The van der Waals surface area contributed by atoms with Crippen molar-refractivity contribution in [3.8, 4) is 5.75 Å². The van der Waals surface area contributed by atoms with Crippen molar-refractivity contribution in [1.29, 1.82) is 0 Å². The molecule has 1 amide bonds. The van der Waals surface area contributed by atoms with Crippen LogP contribution in [0.25, 0.3) is 0 Å². The van der Waals surface area contributed by atoms with Gasteiger partial charge in [0.05, 0.1) is 4.47 Å². The summed E-state index contributed by atoms with van der Waals surface area (Å²) in [7, 11) is 1.76. The summed E-state index contributed by atoms with van der Waals surface area (Å²) in [6.07, 6.45) is 0. The fourth-order valence-electron chi connectivity index (χ4n) is 1.79. The van der Waals surface area contributed by atoms with E-state index in [0.29, 0.717) is 17.3 Å². The number of amides is 1. The molecule has 0 N–H and O–H groups in total. The van der Waals surface area contributed by atoms with Gasteiger partial charge in [-0.15, -0.1) is 0 Å². The second kappa shape index (κ2) is 7.48. The molecule has 0 aliphatic rings. The highest BCUT2D eigenvalue weighted by molar-refractivity contribution is 9.10. The Hall–Kier alpha value is -1.52. The van der Waals surface area contributed by atoms with Crippen LogP contribution in [0.4, 0.5) is 0 Å². The van der Waals surface area contributed by atoms with E-state index in [9.17, 15) is 4.79 Å². The van der Waals surface area contributed by atoms with Crippen molar-refractivity contribution >= 4 is 33.4 Å². The minimum Gasteiger partial charge on any atom is -0.483 e. The second-order valence-electron chi connectivity index (χ2n) is 4.60. The lowest BCUT2D eigenvalue weighted by Gasteiger charge is -2.18. The highest BCUT2D eigenvalue weighted by Gasteiger charge is 2.11. The number of carbonyl (C=O) groups is 1. The number of benzene rings is 2. The van der Waals surface area contributed by atoms with Gasteiger partial charge in [0.1, 0.15) is 5.75 Å². The molecule has 110 valence electrons. The van der Waals surface area contributed by atoms with E-state index in [2.05, 4.69) is 15.9 Å². The van der Waals surface area contributed by atoms with E-state index < -0.39 is 0 Å². The van der Waals surface area contributed by atoms with E-state index in [0.717, 1.165) is 10.0 Å². The van der Waals surface area contributed by atoms with E-state index in [4.69, 9.17) is 16.3 Å². The van der Waals surface area contributed by atoms with Crippen LogP contribution in [0.1, 0.15) is 5.56 Å². The largest absolute Gasteiger partial charge is 0.483 e. The molecule has 21 heavy (non-hydrogen) atoms. The van der Waals surface area contributed by atoms with Crippen molar-refractivity contribution < 1.29 is 9.53 Å². The first-order valence-corrected chi connectivity index (χ1v) is 7.59. The summed E-state index contributed by atoms with van der Waals surface area (Å²) in [5.41, 5.74) is 1.08. The Morgan fingerprint density at radius 3 is 2.62 bits per heavy atom. The van der Waals surface area contributed by atoms with Gasteiger partial charge in [-0.3, -0.25) is 4.79 Å². The number of halogens is 2. The summed E-state index contributed by atoms with van der Waals surface area (Å²) >= 11 is 9.21. The lowest BCUT2D eigenvalue weighted by Crippen LogP contribution is -2.30. The molecular weight excluding hydrogens is 354 g/mol. The van der Waals surface area contributed by atoms with Gasteiger partial charge in [0.2, 0.25) is 0 Å². The zero-order chi connectivity index (χ0) is 15.2. The maximum atomic E-state index is 12.1. The minimum atomic E-state index is -0.0827. The third kappa shape index (κ3) is 4.76. The average molecular weight is 369 g/mol. The summed E-state index contributed by atoms with van der Waals surface area (Å²) in [6, 6.07) is 15.0. The predicted octanol–water partition coefficient (Wildman–Crippen LogP) is 4.14. The van der Waals surface area contributed by atoms with Crippen LogP contribution in [0.3, 0.4) is 0 Å². The van der Waals surface area contributed by atoms with Crippen LogP contribution in [-0.2, 0) is 11.3 Å². The Balaban J connectivity index is 1.89. The van der Waals surface area contributed by atoms with Gasteiger partial charge in [-0.25, -0.2) is 0 Å². The summed E-state index contributed by atoms with van der Waals surface area (Å²) in [6.45, 7) is 0.550. The van der Waals surface area contributed by atoms with Crippen molar-refractivity contribution in [1.82, 2.24) is 4.90 Å². The zero-order valence-electron chi connectivity index (χ0n) is 11.6. The van der Waals surface area contributed by atoms with E-state index in [-0.39, 0.29) is 12.5 Å². The van der Waals surface area contributed by atoms with Crippen molar-refractivity contribution in [3.63, 3.8) is 0 Å². The minimum absolute atomic E-state index is 0.0104. The fraction of sp³-hybridized carbons (Fsp3) is 0.188. The fourth-order valence-corrected chi connectivity index (χ4v) is 2.58. The van der Waals surface area contributed by atoms with Gasteiger partial charge in [0.25, 0.3) is 5.91 Å². The molecule has 2 rings (SSSR count). The van der Waals surface area contributed by atoms with Crippen LogP contribution in [0.15, 0.2) is 53.0 Å². The maximum absolute atomic E-state index is 12.1. The number of ether oxygens (including phenoxy) is 1. The molecule has 0 saturated carbocycles. The molecule has 2 aromatic carbocycles. The number of carbonyl (C=O) groups excluding carboxylic acids is 1. The molecule has 0 aliphatic carbocycles. The number of hydrogen-bond donors (Lipinski definition) is 0. The van der Waals surface area contributed by atoms with Crippen molar-refractivity contribution in [2.75, 3.05) is 13.7 Å². The summed E-state index contributed by atoms with van der Waals surface area (Å²) in [5, 5.41) is 0.613. The quantitative estimate of drug-likeness (QED) is 0.794. The molecule has 0 atom stereocenters. The summed E-state index contributed by atoms with van der Waals surface area (Å²) in [5.74, 6) is 0.515. The van der Waals surface area contributed by atoms with Gasteiger partial charge in [-0.05, 0) is 39.7 Å². The third-order valence-corrected chi connectivity index (χ3v) is 3.79. The Bertz CT molecular complexity index is 619. The first kappa shape index (κ1) is 15.9. The zero-order valence-corrected chi connectivity index (χ0v) is 13.9. The molecule has 3 nitrogen and oxygen atoms in total. The van der Waals surface area contributed by atoms with Gasteiger partial charge in [0.15, 0.2) is 6.61 Å². The van der Waals surface area contributed by atoms with Crippen LogP contribution in [0.5, 0.6) is 5.75 Å². The number of hydrogen-bond acceptors (Lipinski definition) is 2. The molecule has 0 aromatic heterocycles. The Kier molecular flexibility index (Phi) is 5.65. The normalized spacial score (nSPS) is 10.2.